The Balaban J connectivity index is 1.41. The molecule has 5 aromatic rings. The van der Waals surface area contributed by atoms with Gasteiger partial charge in [-0.25, -0.2) is 9.37 Å². The molecular weight excluding hydrogens is 497 g/mol. The Labute approximate surface area is 223 Å². The Kier molecular flexibility index (Phi) is 5.57. The molecule has 2 aromatic heterocycles. The number of likely N-dealkylation sites (tertiary alicyclic amines) is 1. The van der Waals surface area contributed by atoms with Gasteiger partial charge < -0.3 is 24.1 Å². The zero-order chi connectivity index (χ0) is 26.5. The van der Waals surface area contributed by atoms with Gasteiger partial charge in [-0.3, -0.25) is 9.59 Å². The molecule has 7 rings (SSSR count). The molecule has 0 bridgehead atoms. The lowest BCUT2D eigenvalue weighted by Gasteiger charge is -2.27. The lowest BCUT2D eigenvalue weighted by molar-refractivity contribution is 0.0791. The number of benzene rings is 3. The van der Waals surface area contributed by atoms with Gasteiger partial charge in [-0.1, -0.05) is 30.3 Å². The fourth-order valence-corrected chi connectivity index (χ4v) is 5.68. The number of aryl methyl sites for hydroxylation is 1. The molecule has 4 heterocycles. The number of hydrogen-bond donors (Lipinski definition) is 1. The van der Waals surface area contributed by atoms with Crippen LogP contribution in [0.1, 0.15) is 29.6 Å². The number of hydrogen-bond acceptors (Lipinski definition) is 5. The fraction of sp³-hybridized carbons (Fsp3) is 0.233. The average molecular weight is 524 g/mol. The summed E-state index contributed by atoms with van der Waals surface area (Å²) in [7, 11) is 0. The third kappa shape index (κ3) is 3.84. The summed E-state index contributed by atoms with van der Waals surface area (Å²) in [6.07, 6.45) is 9.49. The first-order valence-corrected chi connectivity index (χ1v) is 13.2. The second-order valence-corrected chi connectivity index (χ2v) is 10.0. The molecule has 9 heteroatoms. The molecule has 1 saturated heterocycles. The number of halogens is 1. The van der Waals surface area contributed by atoms with Gasteiger partial charge in [0.1, 0.15) is 16.8 Å². The van der Waals surface area contributed by atoms with Crippen LogP contribution in [0.3, 0.4) is 0 Å². The standard InChI is InChI=1S/C30H26FN5O3/c31-23-16-21-27-29(25(23)33-10-5-12-34-15-11-32-18-34)39-24-9-8-19-6-1-2-7-20(19)26(24)36(27)17-22(28(21)37)30(38)35-13-3-4-14-35/h1-2,6-9,11,15-18,33H,3-5,10,12-14H2. The highest BCUT2D eigenvalue weighted by Gasteiger charge is 2.31. The molecule has 0 aliphatic carbocycles. The molecule has 3 aromatic carbocycles. The summed E-state index contributed by atoms with van der Waals surface area (Å²) in [6, 6.07) is 12.9. The van der Waals surface area contributed by atoms with Crippen LogP contribution in [0.4, 0.5) is 10.1 Å². The van der Waals surface area contributed by atoms with Crippen molar-refractivity contribution in [1.29, 1.82) is 0 Å². The summed E-state index contributed by atoms with van der Waals surface area (Å²) in [4.78, 5) is 32.9. The van der Waals surface area contributed by atoms with Crippen molar-refractivity contribution in [3.63, 3.8) is 0 Å². The molecule has 2 aliphatic heterocycles. The van der Waals surface area contributed by atoms with Crippen LogP contribution < -0.4 is 15.5 Å². The maximum absolute atomic E-state index is 15.7. The number of carbonyl (C=O) groups is 1. The van der Waals surface area contributed by atoms with Crippen LogP contribution in [0.2, 0.25) is 0 Å². The van der Waals surface area contributed by atoms with Crippen molar-refractivity contribution < 1.29 is 13.9 Å². The molecule has 8 nitrogen and oxygen atoms in total. The van der Waals surface area contributed by atoms with E-state index in [0.29, 0.717) is 30.9 Å². The summed E-state index contributed by atoms with van der Waals surface area (Å²) in [6.45, 7) is 2.43. The minimum absolute atomic E-state index is 0.0385. The number of ether oxygens (including phenoxy) is 1. The van der Waals surface area contributed by atoms with E-state index in [-0.39, 0.29) is 28.3 Å². The summed E-state index contributed by atoms with van der Waals surface area (Å²) >= 11 is 0. The number of pyridine rings is 1. The number of imidazole rings is 1. The van der Waals surface area contributed by atoms with Crippen LogP contribution >= 0.6 is 0 Å². The number of anilines is 1. The van der Waals surface area contributed by atoms with E-state index in [2.05, 4.69) is 10.3 Å². The molecule has 196 valence electrons. The Morgan fingerprint density at radius 1 is 1.10 bits per heavy atom. The molecule has 1 amide bonds. The van der Waals surface area contributed by atoms with Gasteiger partial charge in [0.2, 0.25) is 5.43 Å². The monoisotopic (exact) mass is 523 g/mol. The third-order valence-electron chi connectivity index (χ3n) is 7.59. The molecule has 39 heavy (non-hydrogen) atoms. The quantitative estimate of drug-likeness (QED) is 0.299. The average Bonchev–Trinajstić information content (AvgIpc) is 3.68. The SMILES string of the molecule is O=C(c1cn2c3c(c(NCCCn4ccnc4)c(F)cc3c1=O)Oc1ccc3ccccc3c1-2)N1CCCC1. The van der Waals surface area contributed by atoms with Crippen molar-refractivity contribution in [1.82, 2.24) is 19.0 Å². The molecule has 0 atom stereocenters. The molecule has 1 N–H and O–H groups in total. The summed E-state index contributed by atoms with van der Waals surface area (Å²) < 4.78 is 25.8. The van der Waals surface area contributed by atoms with Crippen molar-refractivity contribution in [2.75, 3.05) is 25.0 Å². The van der Waals surface area contributed by atoms with Gasteiger partial charge in [-0.15, -0.1) is 0 Å². The predicted octanol–water partition coefficient (Wildman–Crippen LogP) is 5.32. The molecular formula is C30H26FN5O3. The van der Waals surface area contributed by atoms with Crippen molar-refractivity contribution in [2.24, 2.45) is 0 Å². The topological polar surface area (TPSA) is 81.4 Å². The third-order valence-corrected chi connectivity index (χ3v) is 7.59. The van der Waals surface area contributed by atoms with Crippen LogP contribution in [0.5, 0.6) is 11.5 Å². The number of nitrogens with one attached hydrogen (secondary N) is 1. The van der Waals surface area contributed by atoms with Crippen molar-refractivity contribution in [3.05, 3.63) is 89.0 Å². The smallest absolute Gasteiger partial charge is 0.259 e. The Morgan fingerprint density at radius 3 is 2.77 bits per heavy atom. The number of rotatable bonds is 6. The van der Waals surface area contributed by atoms with Crippen LogP contribution in [0.15, 0.2) is 72.2 Å². The van der Waals surface area contributed by atoms with Gasteiger partial charge in [-0.2, -0.15) is 0 Å². The molecule has 0 saturated carbocycles. The number of fused-ring (bicyclic) bond motifs is 4. The molecule has 1 fully saturated rings. The number of carbonyl (C=O) groups excluding carboxylic acids is 1. The molecule has 0 spiro atoms. The summed E-state index contributed by atoms with van der Waals surface area (Å²) in [5.74, 6) is -0.149. The van der Waals surface area contributed by atoms with Crippen LogP contribution in [0.25, 0.3) is 27.4 Å². The highest BCUT2D eigenvalue weighted by atomic mass is 19.1. The molecule has 2 aliphatic rings. The van der Waals surface area contributed by atoms with E-state index in [0.717, 1.165) is 42.3 Å². The maximum Gasteiger partial charge on any atom is 0.259 e. The van der Waals surface area contributed by atoms with Gasteiger partial charge in [0.05, 0.1) is 17.4 Å². The van der Waals surface area contributed by atoms with Crippen LogP contribution in [-0.4, -0.2) is 44.6 Å². The highest BCUT2D eigenvalue weighted by molar-refractivity contribution is 6.04. The van der Waals surface area contributed by atoms with Crippen LogP contribution in [-0.2, 0) is 6.54 Å². The fourth-order valence-electron chi connectivity index (χ4n) is 5.68. The zero-order valence-corrected chi connectivity index (χ0v) is 21.2. The van der Waals surface area contributed by atoms with E-state index < -0.39 is 11.2 Å². The zero-order valence-electron chi connectivity index (χ0n) is 21.2. The van der Waals surface area contributed by atoms with Gasteiger partial charge in [0.15, 0.2) is 17.3 Å². The lowest BCUT2D eigenvalue weighted by atomic mass is 10.0. The lowest BCUT2D eigenvalue weighted by Crippen LogP contribution is -2.33. The largest absolute Gasteiger partial charge is 0.451 e. The first-order valence-electron chi connectivity index (χ1n) is 13.2. The summed E-state index contributed by atoms with van der Waals surface area (Å²) in [5, 5.41) is 5.21. The molecule has 0 radical (unpaired) electrons. The summed E-state index contributed by atoms with van der Waals surface area (Å²) in [5.41, 5.74) is 0.909. The normalized spacial score (nSPS) is 14.0. The van der Waals surface area contributed by atoms with E-state index in [4.69, 9.17) is 4.74 Å². The minimum Gasteiger partial charge on any atom is -0.451 e. The second kappa shape index (κ2) is 9.27. The van der Waals surface area contributed by atoms with Crippen molar-refractivity contribution in [3.8, 4) is 17.2 Å². The number of amides is 1. The second-order valence-electron chi connectivity index (χ2n) is 10.0. The van der Waals surface area contributed by atoms with Crippen molar-refractivity contribution >= 4 is 33.3 Å². The highest BCUT2D eigenvalue weighted by Crippen LogP contribution is 2.47. The van der Waals surface area contributed by atoms with Gasteiger partial charge in [-0.05, 0) is 36.8 Å². The Hall–Kier alpha value is -4.66. The van der Waals surface area contributed by atoms with Crippen molar-refractivity contribution in [2.45, 2.75) is 25.8 Å². The predicted molar refractivity (Wildman–Crippen MR) is 148 cm³/mol. The van der Waals surface area contributed by atoms with E-state index in [1.54, 1.807) is 23.6 Å². The van der Waals surface area contributed by atoms with E-state index in [1.807, 2.05) is 51.7 Å². The van der Waals surface area contributed by atoms with Gasteiger partial charge >= 0.3 is 0 Å². The first-order chi connectivity index (χ1) is 19.1. The number of aromatic nitrogens is 3. The molecule has 0 unspecified atom stereocenters. The Bertz CT molecular complexity index is 1810. The van der Waals surface area contributed by atoms with E-state index >= 15 is 4.39 Å². The minimum atomic E-state index is -0.598. The first kappa shape index (κ1) is 23.5. The van der Waals surface area contributed by atoms with E-state index in [9.17, 15) is 9.59 Å². The van der Waals surface area contributed by atoms with Gasteiger partial charge in [0.25, 0.3) is 5.91 Å². The van der Waals surface area contributed by atoms with Gasteiger partial charge in [0, 0.05) is 50.2 Å². The van der Waals surface area contributed by atoms with E-state index in [1.165, 1.54) is 6.07 Å². The maximum atomic E-state index is 15.7. The number of nitrogens with zero attached hydrogens (tertiary/aromatic N) is 4. The van der Waals surface area contributed by atoms with Crippen LogP contribution in [0, 0.1) is 5.82 Å². The Morgan fingerprint density at radius 2 is 1.95 bits per heavy atom.